The monoisotopic (exact) mass is 802 g/mol. The van der Waals surface area contributed by atoms with Gasteiger partial charge in [-0.05, 0) is 116 Å². The van der Waals surface area contributed by atoms with Crippen LogP contribution in [0.15, 0.2) is 235 Å². The van der Waals surface area contributed by atoms with E-state index in [9.17, 15) is 0 Å². The lowest BCUT2D eigenvalue weighted by Gasteiger charge is -2.29. The Morgan fingerprint density at radius 3 is 1.78 bits per heavy atom. The zero-order valence-corrected chi connectivity index (χ0v) is 34.2. The Hall–Kier alpha value is -8.40. The normalized spacial score (nSPS) is 11.8. The third-order valence-electron chi connectivity index (χ3n) is 13.0. The third-order valence-corrected chi connectivity index (χ3v) is 13.0. The minimum Gasteiger partial charge on any atom is -0.455 e. The number of fused-ring (bicyclic) bond motifs is 11. The molecule has 63 heavy (non-hydrogen) atoms. The van der Waals surface area contributed by atoms with Crippen LogP contribution in [0, 0.1) is 0 Å². The van der Waals surface area contributed by atoms with Crippen molar-refractivity contribution >= 4 is 93.1 Å². The fourth-order valence-corrected chi connectivity index (χ4v) is 10.1. The van der Waals surface area contributed by atoms with Crippen molar-refractivity contribution in [3.05, 3.63) is 231 Å². The van der Waals surface area contributed by atoms with Gasteiger partial charge in [-0.15, -0.1) is 0 Å². The minimum absolute atomic E-state index is 0.884. The van der Waals surface area contributed by atoms with Gasteiger partial charge in [-0.2, -0.15) is 0 Å². The van der Waals surface area contributed by atoms with Gasteiger partial charge in [0.15, 0.2) is 0 Å². The average molecular weight is 803 g/mol. The van der Waals surface area contributed by atoms with Gasteiger partial charge >= 0.3 is 0 Å². The second kappa shape index (κ2) is 14.1. The molecule has 0 aliphatic carbocycles. The van der Waals surface area contributed by atoms with E-state index in [0.29, 0.717) is 0 Å². The van der Waals surface area contributed by atoms with Gasteiger partial charge in [0.05, 0.1) is 22.4 Å². The lowest BCUT2D eigenvalue weighted by Crippen LogP contribution is -2.13. The summed E-state index contributed by atoms with van der Waals surface area (Å²) in [5.41, 5.74) is 13.1. The number of rotatable bonds is 6. The SMILES string of the molecule is c1cc(-c2cccc3oc4c5ccccc5ccc4c23)cc(N(c2ccc(-c3cc4ccccc4c4ccccc34)cc2)c2ccccc2-n2c3ccccc3c3ccccc32)c1. The highest BCUT2D eigenvalue weighted by Gasteiger charge is 2.22. The van der Waals surface area contributed by atoms with Gasteiger partial charge in [-0.25, -0.2) is 0 Å². The Kier molecular flexibility index (Phi) is 7.91. The molecule has 0 saturated heterocycles. The zero-order valence-electron chi connectivity index (χ0n) is 34.2. The van der Waals surface area contributed by atoms with E-state index in [2.05, 4.69) is 240 Å². The summed E-state index contributed by atoms with van der Waals surface area (Å²) in [5.74, 6) is 0. The van der Waals surface area contributed by atoms with Crippen LogP contribution in [0.2, 0.25) is 0 Å². The van der Waals surface area contributed by atoms with Crippen LogP contribution in [0.25, 0.3) is 104 Å². The van der Waals surface area contributed by atoms with Gasteiger partial charge in [-0.1, -0.05) is 164 Å². The molecule has 11 aromatic carbocycles. The number of anilines is 3. The van der Waals surface area contributed by atoms with Crippen LogP contribution in [0.1, 0.15) is 0 Å². The highest BCUT2D eigenvalue weighted by molar-refractivity contribution is 6.19. The van der Waals surface area contributed by atoms with Gasteiger partial charge in [0, 0.05) is 38.3 Å². The van der Waals surface area contributed by atoms with Crippen LogP contribution in [-0.2, 0) is 0 Å². The second-order valence-electron chi connectivity index (χ2n) is 16.4. The number of furan rings is 1. The van der Waals surface area contributed by atoms with Crippen LogP contribution in [0.3, 0.4) is 0 Å². The predicted molar refractivity (Wildman–Crippen MR) is 266 cm³/mol. The molecule has 2 heterocycles. The standard InChI is InChI=1S/C60H38N2O/c1-4-20-47-39(15-1)33-36-52-59-46(25-14-30-58(59)63-60(47)52)41-17-13-18-44(37-41)61(56-28-11-12-29-57(56)62-54-26-9-7-23-50(54)51-24-8-10-27-55(51)62)43-34-31-40(32-35-43)53-38-42-16-2-3-19-45(42)48-21-5-6-22-49(48)53/h1-38H. The maximum Gasteiger partial charge on any atom is 0.143 e. The summed E-state index contributed by atoms with van der Waals surface area (Å²) in [6.45, 7) is 0. The predicted octanol–water partition coefficient (Wildman–Crippen LogP) is 16.9. The van der Waals surface area contributed by atoms with Gasteiger partial charge in [0.25, 0.3) is 0 Å². The van der Waals surface area contributed by atoms with E-state index in [0.717, 1.165) is 61.2 Å². The molecule has 294 valence electrons. The Bertz CT molecular complexity index is 3870. The van der Waals surface area contributed by atoms with E-state index >= 15 is 0 Å². The van der Waals surface area contributed by atoms with Crippen LogP contribution in [0.5, 0.6) is 0 Å². The first-order valence-electron chi connectivity index (χ1n) is 21.6. The van der Waals surface area contributed by atoms with Crippen molar-refractivity contribution in [2.24, 2.45) is 0 Å². The molecule has 0 amide bonds. The van der Waals surface area contributed by atoms with E-state index in [1.807, 2.05) is 0 Å². The molecule has 13 aromatic rings. The molecule has 13 rings (SSSR count). The van der Waals surface area contributed by atoms with Crippen molar-refractivity contribution in [2.75, 3.05) is 4.90 Å². The number of hydrogen-bond donors (Lipinski definition) is 0. The van der Waals surface area contributed by atoms with Crippen molar-refractivity contribution < 1.29 is 4.42 Å². The first-order chi connectivity index (χ1) is 31.3. The van der Waals surface area contributed by atoms with Gasteiger partial charge in [0.2, 0.25) is 0 Å². The Balaban J connectivity index is 1.03. The van der Waals surface area contributed by atoms with E-state index in [4.69, 9.17) is 4.42 Å². The summed E-state index contributed by atoms with van der Waals surface area (Å²) in [6.07, 6.45) is 0. The lowest BCUT2D eigenvalue weighted by atomic mass is 9.93. The Labute approximate surface area is 363 Å². The summed E-state index contributed by atoms with van der Waals surface area (Å²) in [4.78, 5) is 2.42. The molecule has 0 N–H and O–H groups in total. The molecular weight excluding hydrogens is 765 g/mol. The van der Waals surface area contributed by atoms with Crippen molar-refractivity contribution in [1.82, 2.24) is 4.57 Å². The molecule has 3 nitrogen and oxygen atoms in total. The molecule has 0 unspecified atom stereocenters. The van der Waals surface area contributed by atoms with Crippen molar-refractivity contribution in [3.8, 4) is 27.9 Å². The molecule has 0 spiro atoms. The largest absolute Gasteiger partial charge is 0.455 e. The van der Waals surface area contributed by atoms with Gasteiger partial charge < -0.3 is 13.9 Å². The summed E-state index contributed by atoms with van der Waals surface area (Å²) in [5, 5.41) is 12.0. The lowest BCUT2D eigenvalue weighted by molar-refractivity contribution is 0.673. The first-order valence-corrected chi connectivity index (χ1v) is 21.6. The minimum atomic E-state index is 0.884. The quantitative estimate of drug-likeness (QED) is 0.156. The molecule has 0 fully saturated rings. The van der Waals surface area contributed by atoms with Crippen molar-refractivity contribution in [2.45, 2.75) is 0 Å². The van der Waals surface area contributed by atoms with Crippen LogP contribution in [-0.4, -0.2) is 4.57 Å². The fraction of sp³-hybridized carbons (Fsp3) is 0. The van der Waals surface area contributed by atoms with Gasteiger partial charge in [-0.3, -0.25) is 0 Å². The van der Waals surface area contributed by atoms with E-state index in [1.165, 1.54) is 59.9 Å². The van der Waals surface area contributed by atoms with Crippen LogP contribution in [0.4, 0.5) is 17.1 Å². The molecule has 0 aliphatic heterocycles. The zero-order chi connectivity index (χ0) is 41.4. The van der Waals surface area contributed by atoms with Gasteiger partial charge in [0.1, 0.15) is 11.2 Å². The third kappa shape index (κ3) is 5.53. The van der Waals surface area contributed by atoms with E-state index in [-0.39, 0.29) is 0 Å². The maximum atomic E-state index is 6.66. The number of benzene rings is 11. The Morgan fingerprint density at radius 1 is 0.349 bits per heavy atom. The molecule has 0 saturated carbocycles. The number of para-hydroxylation sites is 4. The summed E-state index contributed by atoms with van der Waals surface area (Å²) in [7, 11) is 0. The van der Waals surface area contributed by atoms with Crippen LogP contribution < -0.4 is 4.90 Å². The molecule has 2 aromatic heterocycles. The average Bonchev–Trinajstić information content (AvgIpc) is 3.91. The number of nitrogens with zero attached hydrogens (tertiary/aromatic N) is 2. The molecule has 0 bridgehead atoms. The summed E-state index contributed by atoms with van der Waals surface area (Å²) >= 11 is 0. The second-order valence-corrected chi connectivity index (χ2v) is 16.4. The van der Waals surface area contributed by atoms with E-state index in [1.54, 1.807) is 0 Å². The first kappa shape index (κ1) is 35.4. The molecule has 0 radical (unpaired) electrons. The molecular formula is C60H38N2O. The summed E-state index contributed by atoms with van der Waals surface area (Å²) < 4.78 is 9.08. The molecule has 3 heteroatoms. The van der Waals surface area contributed by atoms with Crippen molar-refractivity contribution in [1.29, 1.82) is 0 Å². The molecule has 0 atom stereocenters. The summed E-state index contributed by atoms with van der Waals surface area (Å²) in [6, 6.07) is 83.5. The number of aromatic nitrogens is 1. The topological polar surface area (TPSA) is 21.3 Å². The maximum absolute atomic E-state index is 6.66. The molecule has 0 aliphatic rings. The van der Waals surface area contributed by atoms with Crippen LogP contribution >= 0.6 is 0 Å². The highest BCUT2D eigenvalue weighted by atomic mass is 16.3. The highest BCUT2D eigenvalue weighted by Crippen LogP contribution is 2.45. The van der Waals surface area contributed by atoms with Crippen molar-refractivity contribution in [3.63, 3.8) is 0 Å². The fourth-order valence-electron chi connectivity index (χ4n) is 10.1. The number of hydrogen-bond acceptors (Lipinski definition) is 2. The Morgan fingerprint density at radius 2 is 0.984 bits per heavy atom. The van der Waals surface area contributed by atoms with E-state index < -0.39 is 0 Å². The smallest absolute Gasteiger partial charge is 0.143 e.